The van der Waals surface area contributed by atoms with Crippen LogP contribution >= 0.6 is 11.3 Å². The van der Waals surface area contributed by atoms with E-state index in [4.69, 9.17) is 0 Å². The lowest BCUT2D eigenvalue weighted by Crippen LogP contribution is -1.99. The summed E-state index contributed by atoms with van der Waals surface area (Å²) in [5.74, 6) is 0.809. The molecule has 4 heterocycles. The molecule has 28 heavy (non-hydrogen) atoms. The molecule has 8 nitrogen and oxygen atoms in total. The van der Waals surface area contributed by atoms with E-state index in [0.717, 1.165) is 51.0 Å². The highest BCUT2D eigenvalue weighted by Gasteiger charge is 2.13. The van der Waals surface area contributed by atoms with Gasteiger partial charge < -0.3 is 5.32 Å². The Hall–Kier alpha value is -3.33. The van der Waals surface area contributed by atoms with Crippen LogP contribution < -0.4 is 5.32 Å². The second-order valence-corrected chi connectivity index (χ2v) is 7.50. The van der Waals surface area contributed by atoms with Crippen LogP contribution in [0.5, 0.6) is 0 Å². The summed E-state index contributed by atoms with van der Waals surface area (Å²) in [5, 5.41) is 22.7. The summed E-state index contributed by atoms with van der Waals surface area (Å²) >= 11 is 1.47. The molecule has 0 amide bonds. The molecular formula is C19H18N8S. The summed E-state index contributed by atoms with van der Waals surface area (Å²) in [4.78, 5) is 5.13. The van der Waals surface area contributed by atoms with Gasteiger partial charge in [0, 0.05) is 30.7 Å². The average Bonchev–Trinajstić information content (AvgIpc) is 3.40. The number of anilines is 2. The normalized spacial score (nSPS) is 11.5. The van der Waals surface area contributed by atoms with E-state index in [2.05, 4.69) is 55.8 Å². The average molecular weight is 390 g/mol. The van der Waals surface area contributed by atoms with Crippen LogP contribution in [-0.4, -0.2) is 34.6 Å². The molecule has 1 aromatic carbocycles. The smallest absolute Gasteiger partial charge is 0.236 e. The zero-order valence-corrected chi connectivity index (χ0v) is 16.1. The van der Waals surface area contributed by atoms with Gasteiger partial charge in [-0.3, -0.25) is 9.67 Å². The molecule has 4 aromatic heterocycles. The van der Waals surface area contributed by atoms with Crippen molar-refractivity contribution in [3.8, 4) is 0 Å². The Kier molecular flexibility index (Phi) is 4.21. The van der Waals surface area contributed by atoms with Crippen LogP contribution in [0.25, 0.3) is 15.9 Å². The summed E-state index contributed by atoms with van der Waals surface area (Å²) < 4.78 is 3.72. The lowest BCUT2D eigenvalue weighted by molar-refractivity contribution is 0.603. The van der Waals surface area contributed by atoms with Crippen molar-refractivity contribution in [3.05, 3.63) is 60.3 Å². The number of fused-ring (bicyclic) bond motifs is 2. The molecule has 0 aliphatic heterocycles. The fourth-order valence-electron chi connectivity index (χ4n) is 3.14. The molecule has 140 valence electrons. The van der Waals surface area contributed by atoms with Crippen LogP contribution in [0.1, 0.15) is 24.7 Å². The maximum atomic E-state index is 4.63. The van der Waals surface area contributed by atoms with E-state index in [1.54, 1.807) is 10.7 Å². The van der Waals surface area contributed by atoms with Gasteiger partial charge in [0.1, 0.15) is 0 Å². The number of nitrogens with one attached hydrogen (secondary N) is 1. The lowest BCUT2D eigenvalue weighted by Gasteiger charge is -2.01. The van der Waals surface area contributed by atoms with Crippen LogP contribution in [0.2, 0.25) is 0 Å². The third-order valence-electron chi connectivity index (χ3n) is 4.42. The number of benzene rings is 1. The first-order valence-electron chi connectivity index (χ1n) is 9.13. The Morgan fingerprint density at radius 3 is 3.07 bits per heavy atom. The summed E-state index contributed by atoms with van der Waals surface area (Å²) in [6.07, 6.45) is 7.30. The highest BCUT2D eigenvalue weighted by Crippen LogP contribution is 2.24. The number of hydrogen-bond acceptors (Lipinski definition) is 7. The van der Waals surface area contributed by atoms with E-state index in [0.29, 0.717) is 6.42 Å². The molecule has 0 radical (unpaired) electrons. The fourth-order valence-corrected chi connectivity index (χ4v) is 3.92. The number of aromatic nitrogens is 7. The molecule has 0 spiro atoms. The van der Waals surface area contributed by atoms with Crippen molar-refractivity contribution in [1.29, 1.82) is 0 Å². The monoisotopic (exact) mass is 390 g/mol. The molecule has 0 aliphatic rings. The zero-order valence-electron chi connectivity index (χ0n) is 15.3. The van der Waals surface area contributed by atoms with Gasteiger partial charge in [-0.1, -0.05) is 30.4 Å². The van der Waals surface area contributed by atoms with Gasteiger partial charge in [-0.15, -0.1) is 15.3 Å². The molecule has 1 N–H and O–H groups in total. The van der Waals surface area contributed by atoms with Crippen LogP contribution in [-0.2, 0) is 13.0 Å². The molecule has 0 fully saturated rings. The maximum Gasteiger partial charge on any atom is 0.236 e. The Balaban J connectivity index is 1.39. The quantitative estimate of drug-likeness (QED) is 0.476. The van der Waals surface area contributed by atoms with Gasteiger partial charge in [-0.25, -0.2) is 0 Å². The summed E-state index contributed by atoms with van der Waals surface area (Å²) in [7, 11) is 0. The van der Waals surface area contributed by atoms with E-state index < -0.39 is 0 Å². The van der Waals surface area contributed by atoms with Gasteiger partial charge >= 0.3 is 0 Å². The van der Waals surface area contributed by atoms with E-state index >= 15 is 0 Å². The van der Waals surface area contributed by atoms with Gasteiger partial charge in [0.25, 0.3) is 0 Å². The molecule has 0 saturated heterocycles. The molecule has 9 heteroatoms. The van der Waals surface area contributed by atoms with Crippen LogP contribution in [0.4, 0.5) is 10.8 Å². The largest absolute Gasteiger partial charge is 0.327 e. The summed E-state index contributed by atoms with van der Waals surface area (Å²) in [6, 6.07) is 10.3. The molecular weight excluding hydrogens is 372 g/mol. The second-order valence-electron chi connectivity index (χ2n) is 6.54. The van der Waals surface area contributed by atoms with Crippen molar-refractivity contribution in [2.75, 3.05) is 5.32 Å². The van der Waals surface area contributed by atoms with Gasteiger partial charge in [-0.05, 0) is 30.2 Å². The molecule has 0 atom stereocenters. The van der Waals surface area contributed by atoms with Crippen molar-refractivity contribution in [2.45, 2.75) is 26.3 Å². The Morgan fingerprint density at radius 1 is 1.18 bits per heavy atom. The first-order chi connectivity index (χ1) is 13.8. The standard InChI is InChI=1S/C19H18N8S/c1-2-8-26-12-15(11-21-26)22-18-25-27-17(23-24-19(27)28-18)10-13-5-6-16-14(9-13)4-3-7-20-16/h3-7,9,11-12H,2,8,10H2,1H3,(H,22,25). The Morgan fingerprint density at radius 2 is 2.14 bits per heavy atom. The number of rotatable bonds is 6. The van der Waals surface area contributed by atoms with Crippen molar-refractivity contribution >= 4 is 38.0 Å². The first kappa shape index (κ1) is 16.8. The fraction of sp³-hybridized carbons (Fsp3) is 0.211. The van der Waals surface area contributed by atoms with Gasteiger partial charge in [0.15, 0.2) is 5.82 Å². The zero-order chi connectivity index (χ0) is 18.9. The van der Waals surface area contributed by atoms with Crippen molar-refractivity contribution in [1.82, 2.24) is 34.6 Å². The highest BCUT2D eigenvalue weighted by molar-refractivity contribution is 7.20. The number of nitrogens with zero attached hydrogens (tertiary/aromatic N) is 7. The minimum atomic E-state index is 0.656. The second kappa shape index (κ2) is 7.01. The van der Waals surface area contributed by atoms with E-state index in [-0.39, 0.29) is 0 Å². The van der Waals surface area contributed by atoms with E-state index in [9.17, 15) is 0 Å². The van der Waals surface area contributed by atoms with E-state index in [1.807, 2.05) is 29.2 Å². The third kappa shape index (κ3) is 3.20. The van der Waals surface area contributed by atoms with Crippen LogP contribution in [0.15, 0.2) is 48.9 Å². The van der Waals surface area contributed by atoms with Crippen molar-refractivity contribution < 1.29 is 0 Å². The highest BCUT2D eigenvalue weighted by atomic mass is 32.1. The number of hydrogen-bond donors (Lipinski definition) is 1. The van der Waals surface area contributed by atoms with Crippen LogP contribution in [0.3, 0.4) is 0 Å². The van der Waals surface area contributed by atoms with Gasteiger partial charge in [0.2, 0.25) is 10.1 Å². The molecule has 0 aliphatic carbocycles. The van der Waals surface area contributed by atoms with Crippen molar-refractivity contribution in [2.24, 2.45) is 0 Å². The number of aryl methyl sites for hydroxylation is 1. The minimum absolute atomic E-state index is 0.656. The lowest BCUT2D eigenvalue weighted by atomic mass is 10.1. The molecule has 0 unspecified atom stereocenters. The summed E-state index contributed by atoms with van der Waals surface area (Å²) in [6.45, 7) is 3.03. The summed E-state index contributed by atoms with van der Waals surface area (Å²) in [5.41, 5.74) is 3.06. The number of pyridine rings is 1. The topological polar surface area (TPSA) is 85.8 Å². The molecule has 5 rings (SSSR count). The van der Waals surface area contributed by atoms with Gasteiger partial charge in [0.05, 0.1) is 17.4 Å². The molecule has 0 saturated carbocycles. The first-order valence-corrected chi connectivity index (χ1v) is 9.94. The SMILES string of the molecule is CCCn1cc(Nc2nn3c(Cc4ccc5ncccc5c4)nnc3s2)cn1. The predicted octanol–water partition coefficient (Wildman–Crippen LogP) is 3.67. The maximum absolute atomic E-state index is 4.63. The third-order valence-corrected chi connectivity index (χ3v) is 5.24. The van der Waals surface area contributed by atoms with Gasteiger partial charge in [-0.2, -0.15) is 9.61 Å². The van der Waals surface area contributed by atoms with E-state index in [1.165, 1.54) is 11.3 Å². The minimum Gasteiger partial charge on any atom is -0.327 e. The molecule has 0 bridgehead atoms. The van der Waals surface area contributed by atoms with Crippen molar-refractivity contribution in [3.63, 3.8) is 0 Å². The predicted molar refractivity (Wildman–Crippen MR) is 109 cm³/mol. The molecule has 5 aromatic rings. The Bertz CT molecular complexity index is 1250. The Labute approximate surface area is 164 Å². The van der Waals surface area contributed by atoms with Crippen LogP contribution in [0, 0.1) is 0 Å².